The minimum Gasteiger partial charge on any atom is -0.388 e. The fraction of sp³-hybridized carbons (Fsp3) is 0.364. The van der Waals surface area contributed by atoms with Crippen LogP contribution in [0.3, 0.4) is 0 Å². The van der Waals surface area contributed by atoms with Crippen LogP contribution in [-0.4, -0.2) is 10.9 Å². The smallest absolute Gasteiger partial charge is 0.168 e. The van der Waals surface area contributed by atoms with E-state index in [0.717, 1.165) is 11.1 Å². The lowest BCUT2D eigenvalue weighted by atomic mass is 10.0. The van der Waals surface area contributed by atoms with E-state index in [1.807, 2.05) is 19.1 Å². The Bertz CT molecular complexity index is 368. The summed E-state index contributed by atoms with van der Waals surface area (Å²) in [6.07, 6.45) is -0.608. The Balaban J connectivity index is 2.66. The van der Waals surface area contributed by atoms with Crippen LogP contribution in [-0.2, 0) is 0 Å². The molecule has 0 saturated heterocycles. The summed E-state index contributed by atoms with van der Waals surface area (Å²) in [4.78, 5) is 11.6. The zero-order valence-electron chi connectivity index (χ0n) is 7.74. The van der Waals surface area contributed by atoms with Gasteiger partial charge in [-0.2, -0.15) is 0 Å². The number of ketones is 1. The molecule has 0 saturated carbocycles. The molecule has 0 amide bonds. The van der Waals surface area contributed by atoms with E-state index in [9.17, 15) is 9.90 Å². The first kappa shape index (κ1) is 8.45. The summed E-state index contributed by atoms with van der Waals surface area (Å²) >= 11 is 0. The first-order valence-electron chi connectivity index (χ1n) is 4.44. The Morgan fingerprint density at radius 1 is 1.38 bits per heavy atom. The predicted molar refractivity (Wildman–Crippen MR) is 49.6 cm³/mol. The number of rotatable bonds is 0. The van der Waals surface area contributed by atoms with E-state index in [-0.39, 0.29) is 11.7 Å². The van der Waals surface area contributed by atoms with Crippen LogP contribution < -0.4 is 0 Å². The average Bonchev–Trinajstić information content (AvgIpc) is 2.33. The van der Waals surface area contributed by atoms with Crippen LogP contribution in [0.1, 0.15) is 34.5 Å². The maximum Gasteiger partial charge on any atom is 0.168 e. The highest BCUT2D eigenvalue weighted by atomic mass is 16.3. The first-order chi connectivity index (χ1) is 6.13. The van der Waals surface area contributed by atoms with E-state index in [2.05, 4.69) is 0 Å². The van der Waals surface area contributed by atoms with Crippen LogP contribution in [0.5, 0.6) is 0 Å². The second kappa shape index (κ2) is 2.67. The zero-order valence-corrected chi connectivity index (χ0v) is 7.74. The third kappa shape index (κ3) is 1.02. The summed E-state index contributed by atoms with van der Waals surface area (Å²) in [6, 6.07) is 5.57. The molecule has 0 aromatic heterocycles. The predicted octanol–water partition coefficient (Wildman–Crippen LogP) is 1.86. The van der Waals surface area contributed by atoms with Crippen LogP contribution in [0.4, 0.5) is 0 Å². The van der Waals surface area contributed by atoms with Gasteiger partial charge >= 0.3 is 0 Å². The number of aryl methyl sites for hydroxylation is 1. The molecule has 2 unspecified atom stereocenters. The molecule has 2 nitrogen and oxygen atoms in total. The van der Waals surface area contributed by atoms with Crippen LogP contribution in [0.25, 0.3) is 0 Å². The van der Waals surface area contributed by atoms with Gasteiger partial charge < -0.3 is 5.11 Å². The number of carbonyl (C=O) groups excluding carboxylic acids is 1. The summed E-state index contributed by atoms with van der Waals surface area (Å²) in [5.74, 6) is -0.220. The molecule has 2 rings (SSSR count). The van der Waals surface area contributed by atoms with Gasteiger partial charge in [0.05, 0.1) is 6.10 Å². The number of fused-ring (bicyclic) bond motifs is 1. The van der Waals surface area contributed by atoms with Gasteiger partial charge in [-0.3, -0.25) is 4.79 Å². The lowest BCUT2D eigenvalue weighted by molar-refractivity contribution is 0.0790. The van der Waals surface area contributed by atoms with E-state index in [1.54, 1.807) is 13.0 Å². The highest BCUT2D eigenvalue weighted by Gasteiger charge is 2.35. The number of aliphatic hydroxyl groups excluding tert-OH is 1. The molecule has 0 fully saturated rings. The van der Waals surface area contributed by atoms with Crippen molar-refractivity contribution in [2.45, 2.75) is 20.0 Å². The molecule has 2 heteroatoms. The van der Waals surface area contributed by atoms with Gasteiger partial charge in [-0.05, 0) is 18.1 Å². The van der Waals surface area contributed by atoms with Gasteiger partial charge in [-0.1, -0.05) is 25.1 Å². The Kier molecular flexibility index (Phi) is 1.74. The van der Waals surface area contributed by atoms with E-state index in [4.69, 9.17) is 0 Å². The molecule has 0 heterocycles. The van der Waals surface area contributed by atoms with Gasteiger partial charge in [-0.25, -0.2) is 0 Å². The minimum atomic E-state index is -0.608. The summed E-state index contributed by atoms with van der Waals surface area (Å²) < 4.78 is 0. The SMILES string of the molecule is Cc1cccc2c1C(O)C(C)C2=O. The number of carbonyl (C=O) groups is 1. The van der Waals surface area contributed by atoms with Gasteiger partial charge in [0.2, 0.25) is 0 Å². The Hall–Kier alpha value is -1.15. The topological polar surface area (TPSA) is 37.3 Å². The second-order valence-electron chi connectivity index (χ2n) is 3.63. The molecule has 0 radical (unpaired) electrons. The second-order valence-corrected chi connectivity index (χ2v) is 3.63. The van der Waals surface area contributed by atoms with Crippen LogP contribution in [0, 0.1) is 12.8 Å². The monoisotopic (exact) mass is 176 g/mol. The molecule has 0 bridgehead atoms. The standard InChI is InChI=1S/C11H12O2/c1-6-4-3-5-8-9(6)11(13)7(2)10(8)12/h3-5,7,11,13H,1-2H3. The Morgan fingerprint density at radius 2 is 2.08 bits per heavy atom. The molecule has 0 aliphatic heterocycles. The largest absolute Gasteiger partial charge is 0.388 e. The normalized spacial score (nSPS) is 26.2. The quantitative estimate of drug-likeness (QED) is 0.655. The van der Waals surface area contributed by atoms with Gasteiger partial charge in [0.25, 0.3) is 0 Å². The number of hydrogen-bond acceptors (Lipinski definition) is 2. The lowest BCUT2D eigenvalue weighted by Gasteiger charge is -2.08. The maximum atomic E-state index is 11.6. The van der Waals surface area contributed by atoms with Gasteiger partial charge in [0.1, 0.15) is 0 Å². The third-order valence-corrected chi connectivity index (χ3v) is 2.77. The van der Waals surface area contributed by atoms with Gasteiger partial charge in [-0.15, -0.1) is 0 Å². The number of aliphatic hydroxyl groups is 1. The van der Waals surface area contributed by atoms with Crippen molar-refractivity contribution in [3.8, 4) is 0 Å². The third-order valence-electron chi connectivity index (χ3n) is 2.77. The van der Waals surface area contributed by atoms with Crippen molar-refractivity contribution >= 4 is 5.78 Å². The minimum absolute atomic E-state index is 0.0613. The molecular weight excluding hydrogens is 164 g/mol. The van der Waals surface area contributed by atoms with Crippen molar-refractivity contribution in [1.82, 2.24) is 0 Å². The molecule has 13 heavy (non-hydrogen) atoms. The van der Waals surface area contributed by atoms with E-state index in [1.165, 1.54) is 0 Å². The summed E-state index contributed by atoms with van der Waals surface area (Å²) in [7, 11) is 0. The van der Waals surface area contributed by atoms with E-state index >= 15 is 0 Å². The first-order valence-corrected chi connectivity index (χ1v) is 4.44. The number of hydrogen-bond donors (Lipinski definition) is 1. The Labute approximate surface area is 77.2 Å². The molecule has 1 aromatic carbocycles. The van der Waals surface area contributed by atoms with Crippen LogP contribution in [0.15, 0.2) is 18.2 Å². The van der Waals surface area contributed by atoms with Crippen molar-refractivity contribution in [1.29, 1.82) is 0 Å². The van der Waals surface area contributed by atoms with Crippen molar-refractivity contribution in [3.63, 3.8) is 0 Å². The summed E-state index contributed by atoms with van der Waals surface area (Å²) in [6.45, 7) is 3.69. The molecular formula is C11H12O2. The van der Waals surface area contributed by atoms with E-state index < -0.39 is 6.10 Å². The summed E-state index contributed by atoms with van der Waals surface area (Å²) in [5, 5.41) is 9.78. The number of Topliss-reactive ketones (excluding diaryl/α,β-unsaturated/α-hetero) is 1. The molecule has 1 N–H and O–H groups in total. The molecule has 0 spiro atoms. The number of benzene rings is 1. The molecule has 1 aromatic rings. The van der Waals surface area contributed by atoms with Crippen molar-refractivity contribution in [2.24, 2.45) is 5.92 Å². The van der Waals surface area contributed by atoms with Crippen molar-refractivity contribution < 1.29 is 9.90 Å². The van der Waals surface area contributed by atoms with Gasteiger partial charge in [0.15, 0.2) is 5.78 Å². The molecule has 1 aliphatic carbocycles. The molecule has 1 aliphatic rings. The average molecular weight is 176 g/mol. The van der Waals surface area contributed by atoms with E-state index in [0.29, 0.717) is 5.56 Å². The fourth-order valence-electron chi connectivity index (χ4n) is 1.93. The lowest BCUT2D eigenvalue weighted by Crippen LogP contribution is -2.08. The van der Waals surface area contributed by atoms with Crippen molar-refractivity contribution in [2.75, 3.05) is 0 Å². The summed E-state index contributed by atoms with van der Waals surface area (Å²) in [5.41, 5.74) is 2.52. The molecule has 68 valence electrons. The Morgan fingerprint density at radius 3 is 2.69 bits per heavy atom. The fourth-order valence-corrected chi connectivity index (χ4v) is 1.93. The van der Waals surface area contributed by atoms with Crippen molar-refractivity contribution in [3.05, 3.63) is 34.9 Å². The van der Waals surface area contributed by atoms with Gasteiger partial charge in [0, 0.05) is 11.5 Å². The molecule has 2 atom stereocenters. The highest BCUT2D eigenvalue weighted by molar-refractivity contribution is 6.02. The zero-order chi connectivity index (χ0) is 9.59. The highest BCUT2D eigenvalue weighted by Crippen LogP contribution is 2.37. The maximum absolute atomic E-state index is 11.6. The van der Waals surface area contributed by atoms with Crippen LogP contribution >= 0.6 is 0 Å². The van der Waals surface area contributed by atoms with Crippen LogP contribution in [0.2, 0.25) is 0 Å².